The number of furan rings is 1. The lowest BCUT2D eigenvalue weighted by molar-refractivity contribution is -0.119. The summed E-state index contributed by atoms with van der Waals surface area (Å²) in [4.78, 5) is 24.3. The van der Waals surface area contributed by atoms with E-state index in [9.17, 15) is 9.59 Å². The highest BCUT2D eigenvalue weighted by molar-refractivity contribution is 7.99. The fourth-order valence-corrected chi connectivity index (χ4v) is 4.93. The van der Waals surface area contributed by atoms with Gasteiger partial charge in [0.2, 0.25) is 5.91 Å². The number of aromatic nitrogens is 3. The molecule has 2 N–H and O–H groups in total. The smallest absolute Gasteiger partial charge is 0.305 e. The minimum atomic E-state index is -0.505. The number of amides is 2. The Morgan fingerprint density at radius 1 is 1.06 bits per heavy atom. The molecule has 1 saturated carbocycles. The van der Waals surface area contributed by atoms with Crippen molar-refractivity contribution in [3.63, 3.8) is 0 Å². The van der Waals surface area contributed by atoms with Crippen molar-refractivity contribution in [1.82, 2.24) is 25.6 Å². The quantitative estimate of drug-likeness (QED) is 0.384. The van der Waals surface area contributed by atoms with Crippen LogP contribution in [-0.2, 0) is 10.2 Å². The molecule has 9 heteroatoms. The zero-order chi connectivity index (χ0) is 24.1. The molecule has 3 aromatic rings. The second kappa shape index (κ2) is 10.5. The van der Waals surface area contributed by atoms with Crippen molar-refractivity contribution in [2.24, 2.45) is 0 Å². The van der Waals surface area contributed by atoms with Crippen LogP contribution in [0, 0.1) is 0 Å². The van der Waals surface area contributed by atoms with Crippen LogP contribution in [0.2, 0.25) is 0 Å². The van der Waals surface area contributed by atoms with Crippen molar-refractivity contribution >= 4 is 23.6 Å². The summed E-state index contributed by atoms with van der Waals surface area (Å²) in [6.07, 6.45) is 7.14. The zero-order valence-corrected chi connectivity index (χ0v) is 20.7. The summed E-state index contributed by atoms with van der Waals surface area (Å²) in [5, 5.41) is 9.67. The molecule has 2 aromatic heterocycles. The Labute approximate surface area is 203 Å². The monoisotopic (exact) mass is 481 g/mol. The van der Waals surface area contributed by atoms with Crippen LogP contribution in [0.5, 0.6) is 0 Å². The minimum absolute atomic E-state index is 0.0797. The highest BCUT2D eigenvalue weighted by Gasteiger charge is 2.25. The summed E-state index contributed by atoms with van der Waals surface area (Å²) in [6, 6.07) is 12.0. The van der Waals surface area contributed by atoms with Gasteiger partial charge in [0.15, 0.2) is 16.7 Å². The van der Waals surface area contributed by atoms with E-state index in [1.807, 2.05) is 0 Å². The van der Waals surface area contributed by atoms with E-state index in [0.29, 0.717) is 11.2 Å². The highest BCUT2D eigenvalue weighted by atomic mass is 32.2. The van der Waals surface area contributed by atoms with E-state index in [2.05, 4.69) is 70.7 Å². The Kier molecular flexibility index (Phi) is 7.41. The average molecular weight is 482 g/mol. The van der Waals surface area contributed by atoms with Gasteiger partial charge in [0.25, 0.3) is 0 Å². The predicted octanol–water partition coefficient (Wildman–Crippen LogP) is 4.89. The first-order valence-corrected chi connectivity index (χ1v) is 12.6. The van der Waals surface area contributed by atoms with Gasteiger partial charge in [-0.3, -0.25) is 25.0 Å². The molecular formula is C25H31N5O3S. The van der Waals surface area contributed by atoms with Crippen molar-refractivity contribution in [3.8, 4) is 11.4 Å². The number of thioether (sulfide) groups is 1. The van der Waals surface area contributed by atoms with Gasteiger partial charge in [-0.15, -0.1) is 10.2 Å². The van der Waals surface area contributed by atoms with E-state index in [4.69, 9.17) is 4.42 Å². The largest absolute Gasteiger partial charge is 0.459 e. The molecule has 34 heavy (non-hydrogen) atoms. The summed E-state index contributed by atoms with van der Waals surface area (Å²) in [5.41, 5.74) is 7.15. The van der Waals surface area contributed by atoms with Crippen LogP contribution in [0.1, 0.15) is 75.0 Å². The summed E-state index contributed by atoms with van der Waals surface area (Å²) in [5.74, 6) is 0.231. The van der Waals surface area contributed by atoms with E-state index in [1.54, 1.807) is 6.07 Å². The molecule has 1 aliphatic rings. The Morgan fingerprint density at radius 2 is 1.79 bits per heavy atom. The number of nitrogens with one attached hydrogen (secondary N) is 2. The first-order valence-electron chi connectivity index (χ1n) is 11.6. The maximum atomic E-state index is 12.4. The Bertz CT molecular complexity index is 1110. The third-order valence-corrected chi connectivity index (χ3v) is 6.95. The van der Waals surface area contributed by atoms with Gasteiger partial charge < -0.3 is 4.42 Å². The van der Waals surface area contributed by atoms with Gasteiger partial charge in [-0.05, 0) is 36.0 Å². The van der Waals surface area contributed by atoms with E-state index in [0.717, 1.165) is 24.2 Å². The Morgan fingerprint density at radius 3 is 2.44 bits per heavy atom. The lowest BCUT2D eigenvalue weighted by Gasteiger charge is -2.26. The molecule has 0 bridgehead atoms. The molecule has 1 aliphatic carbocycles. The van der Waals surface area contributed by atoms with Crippen molar-refractivity contribution in [2.75, 3.05) is 5.75 Å². The number of hydrogen-bond donors (Lipinski definition) is 2. The third kappa shape index (κ3) is 5.70. The van der Waals surface area contributed by atoms with E-state index in [-0.39, 0.29) is 22.8 Å². The van der Waals surface area contributed by atoms with Crippen LogP contribution in [0.4, 0.5) is 0 Å². The lowest BCUT2D eigenvalue weighted by atomic mass is 9.86. The number of hydrazine groups is 1. The van der Waals surface area contributed by atoms with Gasteiger partial charge >= 0.3 is 5.91 Å². The first kappa shape index (κ1) is 24.1. The summed E-state index contributed by atoms with van der Waals surface area (Å²) >= 11 is 1.32. The van der Waals surface area contributed by atoms with Gasteiger partial charge in [-0.1, -0.05) is 76.1 Å². The van der Waals surface area contributed by atoms with Crippen LogP contribution < -0.4 is 10.9 Å². The maximum Gasteiger partial charge on any atom is 0.305 e. The minimum Gasteiger partial charge on any atom is -0.459 e. The van der Waals surface area contributed by atoms with E-state index >= 15 is 0 Å². The van der Waals surface area contributed by atoms with Crippen LogP contribution in [0.15, 0.2) is 52.2 Å². The van der Waals surface area contributed by atoms with E-state index in [1.165, 1.54) is 48.9 Å². The molecule has 2 amide bonds. The number of hydrogen-bond acceptors (Lipinski definition) is 6. The summed E-state index contributed by atoms with van der Waals surface area (Å²) in [6.45, 7) is 6.59. The van der Waals surface area contributed by atoms with Crippen LogP contribution in [0.25, 0.3) is 11.4 Å². The summed E-state index contributed by atoms with van der Waals surface area (Å²) in [7, 11) is 0. The fourth-order valence-electron chi connectivity index (χ4n) is 4.12. The Hall–Kier alpha value is -3.07. The van der Waals surface area contributed by atoms with E-state index < -0.39 is 5.91 Å². The van der Waals surface area contributed by atoms with Gasteiger partial charge in [-0.25, -0.2) is 0 Å². The Balaban J connectivity index is 1.48. The molecule has 1 aromatic carbocycles. The van der Waals surface area contributed by atoms with Crippen LogP contribution >= 0.6 is 11.8 Å². The molecule has 0 atom stereocenters. The number of rotatable bonds is 6. The van der Waals surface area contributed by atoms with Crippen LogP contribution in [0.3, 0.4) is 0 Å². The second-order valence-corrected chi connectivity index (χ2v) is 10.5. The standard InChI is InChI=1S/C25H31N5O3S/c1-25(2,3)18-13-11-17(12-14-18)22-27-29-24(30(22)19-8-5-4-6-9-19)34-16-21(31)26-28-23(32)20-10-7-15-33-20/h7,10-15,19H,4-6,8-9,16H2,1-3H3,(H,26,31)(H,28,32). The highest BCUT2D eigenvalue weighted by Crippen LogP contribution is 2.36. The SMILES string of the molecule is CC(C)(C)c1ccc(-c2nnc(SCC(=O)NNC(=O)c3ccco3)n2C2CCCCC2)cc1. The molecule has 180 valence electrons. The first-order chi connectivity index (χ1) is 16.3. The molecule has 8 nitrogen and oxygen atoms in total. The number of carbonyl (C=O) groups excluding carboxylic acids is 2. The van der Waals surface area contributed by atoms with Crippen molar-refractivity contribution < 1.29 is 14.0 Å². The second-order valence-electron chi connectivity index (χ2n) is 9.56. The van der Waals surface area contributed by atoms with Gasteiger partial charge in [0.1, 0.15) is 0 Å². The molecule has 0 aliphatic heterocycles. The van der Waals surface area contributed by atoms with Crippen molar-refractivity contribution in [3.05, 3.63) is 54.0 Å². The predicted molar refractivity (Wildman–Crippen MR) is 131 cm³/mol. The van der Waals surface area contributed by atoms with Crippen molar-refractivity contribution in [1.29, 1.82) is 0 Å². The van der Waals surface area contributed by atoms with Crippen molar-refractivity contribution in [2.45, 2.75) is 69.5 Å². The number of nitrogens with zero attached hydrogens (tertiary/aromatic N) is 3. The third-order valence-electron chi connectivity index (χ3n) is 6.01. The molecule has 0 unspecified atom stereocenters. The summed E-state index contributed by atoms with van der Waals surface area (Å²) < 4.78 is 7.22. The lowest BCUT2D eigenvalue weighted by Crippen LogP contribution is -2.42. The van der Waals surface area contributed by atoms with Gasteiger partial charge in [0.05, 0.1) is 12.0 Å². The van der Waals surface area contributed by atoms with Gasteiger partial charge in [-0.2, -0.15) is 0 Å². The number of benzene rings is 1. The van der Waals surface area contributed by atoms with Crippen LogP contribution in [-0.4, -0.2) is 32.3 Å². The van der Waals surface area contributed by atoms with Gasteiger partial charge in [0, 0.05) is 11.6 Å². The molecule has 0 radical (unpaired) electrons. The fraction of sp³-hybridized carbons (Fsp3) is 0.440. The maximum absolute atomic E-state index is 12.4. The zero-order valence-electron chi connectivity index (χ0n) is 19.8. The molecule has 4 rings (SSSR count). The molecule has 1 fully saturated rings. The molecular weight excluding hydrogens is 450 g/mol. The normalized spacial score (nSPS) is 14.7. The molecule has 0 saturated heterocycles. The number of carbonyl (C=O) groups is 2. The average Bonchev–Trinajstić information content (AvgIpc) is 3.52. The molecule has 0 spiro atoms. The molecule has 2 heterocycles. The topological polar surface area (TPSA) is 102 Å².